The van der Waals surface area contributed by atoms with E-state index in [-0.39, 0.29) is 23.1 Å². The van der Waals surface area contributed by atoms with Gasteiger partial charge in [-0.3, -0.25) is 4.98 Å². The van der Waals surface area contributed by atoms with Gasteiger partial charge in [-0.2, -0.15) is 9.29 Å². The van der Waals surface area contributed by atoms with Gasteiger partial charge in [0.25, 0.3) is 5.89 Å². The first kappa shape index (κ1) is 15.7. The van der Waals surface area contributed by atoms with Crippen LogP contribution in [-0.4, -0.2) is 46.5 Å². The van der Waals surface area contributed by atoms with E-state index in [0.29, 0.717) is 37.5 Å². The molecule has 2 aromatic rings. The molecule has 128 valence electrons. The summed E-state index contributed by atoms with van der Waals surface area (Å²) in [5.74, 6) is 1.04. The SMILES string of the molecule is Cc1noc([C@@H]2CC[C@@H]3[C@@H](CCN3S(=O)(=O)c3cccnc3)O2)n1. The first-order valence-corrected chi connectivity index (χ1v) is 9.37. The van der Waals surface area contributed by atoms with Crippen molar-refractivity contribution >= 4 is 10.0 Å². The summed E-state index contributed by atoms with van der Waals surface area (Å²) in [7, 11) is -3.55. The Balaban J connectivity index is 1.53. The number of aromatic nitrogens is 3. The Hall–Kier alpha value is -1.84. The molecule has 4 heterocycles. The minimum atomic E-state index is -3.55. The summed E-state index contributed by atoms with van der Waals surface area (Å²) in [4.78, 5) is 8.36. The maximum absolute atomic E-state index is 12.8. The van der Waals surface area contributed by atoms with Crippen molar-refractivity contribution in [3.63, 3.8) is 0 Å². The standard InChI is InChI=1S/C15H18N4O4S/c1-10-17-15(23-18-10)14-5-4-12-13(22-14)6-8-19(12)24(20,21)11-3-2-7-16-9-11/h2-3,7,9,12-14H,4-6,8H2,1H3/t12-,13-,14+/m1/s1. The molecule has 4 rings (SSSR count). The average Bonchev–Trinajstić information content (AvgIpc) is 3.21. The van der Waals surface area contributed by atoms with Gasteiger partial charge in [-0.25, -0.2) is 8.42 Å². The van der Waals surface area contributed by atoms with Crippen LogP contribution in [0.2, 0.25) is 0 Å². The molecule has 0 aliphatic carbocycles. The van der Waals surface area contributed by atoms with Gasteiger partial charge in [0, 0.05) is 18.9 Å². The highest BCUT2D eigenvalue weighted by atomic mass is 32.2. The quantitative estimate of drug-likeness (QED) is 0.826. The fraction of sp³-hybridized carbons (Fsp3) is 0.533. The Bertz CT molecular complexity index is 823. The molecule has 2 aromatic heterocycles. The summed E-state index contributed by atoms with van der Waals surface area (Å²) in [6.45, 7) is 2.21. The second kappa shape index (κ2) is 5.91. The molecule has 9 heteroatoms. The topological polar surface area (TPSA) is 98.4 Å². The van der Waals surface area contributed by atoms with Crippen LogP contribution in [-0.2, 0) is 14.8 Å². The smallest absolute Gasteiger partial charge is 0.255 e. The van der Waals surface area contributed by atoms with E-state index in [4.69, 9.17) is 9.26 Å². The van der Waals surface area contributed by atoms with Crippen molar-refractivity contribution in [2.75, 3.05) is 6.54 Å². The molecule has 0 spiro atoms. The lowest BCUT2D eigenvalue weighted by Gasteiger charge is -2.34. The minimum Gasteiger partial charge on any atom is -0.363 e. The fourth-order valence-electron chi connectivity index (χ4n) is 3.45. The highest BCUT2D eigenvalue weighted by Gasteiger charge is 2.46. The van der Waals surface area contributed by atoms with Crippen molar-refractivity contribution in [3.8, 4) is 0 Å². The molecule has 0 amide bonds. The molecule has 24 heavy (non-hydrogen) atoms. The summed E-state index contributed by atoms with van der Waals surface area (Å²) in [5, 5.41) is 3.79. The maximum atomic E-state index is 12.8. The van der Waals surface area contributed by atoms with Gasteiger partial charge in [-0.1, -0.05) is 5.16 Å². The molecule has 0 radical (unpaired) electrons. The van der Waals surface area contributed by atoms with Crippen LogP contribution < -0.4 is 0 Å². The lowest BCUT2D eigenvalue weighted by molar-refractivity contribution is -0.0753. The van der Waals surface area contributed by atoms with Crippen LogP contribution in [0.25, 0.3) is 0 Å². The molecule has 2 aliphatic heterocycles. The highest BCUT2D eigenvalue weighted by molar-refractivity contribution is 7.89. The number of hydrogen-bond acceptors (Lipinski definition) is 7. The van der Waals surface area contributed by atoms with Gasteiger partial charge in [0.15, 0.2) is 5.82 Å². The summed E-state index contributed by atoms with van der Waals surface area (Å²) >= 11 is 0. The molecule has 2 aliphatic rings. The summed E-state index contributed by atoms with van der Waals surface area (Å²) in [5.41, 5.74) is 0. The highest BCUT2D eigenvalue weighted by Crippen LogP contribution is 2.39. The molecule has 8 nitrogen and oxygen atoms in total. The first-order chi connectivity index (χ1) is 11.6. The van der Waals surface area contributed by atoms with Crippen LogP contribution in [0.1, 0.15) is 37.1 Å². The predicted molar refractivity (Wildman–Crippen MR) is 82.4 cm³/mol. The van der Waals surface area contributed by atoms with Gasteiger partial charge in [-0.15, -0.1) is 0 Å². The number of pyridine rings is 1. The van der Waals surface area contributed by atoms with Crippen molar-refractivity contribution in [2.24, 2.45) is 0 Å². The van der Waals surface area contributed by atoms with Crippen molar-refractivity contribution in [1.82, 2.24) is 19.4 Å². The summed E-state index contributed by atoms with van der Waals surface area (Å²) in [6, 6.07) is 3.05. The van der Waals surface area contributed by atoms with Gasteiger partial charge in [0.05, 0.1) is 12.1 Å². The Kier molecular flexibility index (Phi) is 3.86. The Morgan fingerprint density at radius 2 is 2.17 bits per heavy atom. The van der Waals surface area contributed by atoms with Crippen LogP contribution in [0.15, 0.2) is 33.9 Å². The Labute approximate surface area is 139 Å². The number of rotatable bonds is 3. The number of ether oxygens (including phenoxy) is 1. The molecule has 0 unspecified atom stereocenters. The van der Waals surface area contributed by atoms with E-state index in [1.54, 1.807) is 29.6 Å². The molecule has 2 saturated heterocycles. The zero-order valence-corrected chi connectivity index (χ0v) is 14.0. The zero-order valence-electron chi connectivity index (χ0n) is 13.2. The van der Waals surface area contributed by atoms with E-state index in [2.05, 4.69) is 15.1 Å². The monoisotopic (exact) mass is 350 g/mol. The van der Waals surface area contributed by atoms with E-state index in [9.17, 15) is 8.42 Å². The third-order valence-electron chi connectivity index (χ3n) is 4.56. The molecular weight excluding hydrogens is 332 g/mol. The van der Waals surface area contributed by atoms with E-state index in [0.717, 1.165) is 0 Å². The molecule has 0 bridgehead atoms. The van der Waals surface area contributed by atoms with Crippen molar-refractivity contribution in [2.45, 2.75) is 49.3 Å². The van der Waals surface area contributed by atoms with Crippen molar-refractivity contribution in [1.29, 1.82) is 0 Å². The minimum absolute atomic E-state index is 0.151. The maximum Gasteiger partial charge on any atom is 0.255 e. The molecule has 0 aromatic carbocycles. The number of fused-ring (bicyclic) bond motifs is 1. The van der Waals surface area contributed by atoms with Gasteiger partial charge in [0.2, 0.25) is 10.0 Å². The first-order valence-electron chi connectivity index (χ1n) is 7.93. The van der Waals surface area contributed by atoms with Gasteiger partial charge >= 0.3 is 0 Å². The number of nitrogens with zero attached hydrogens (tertiary/aromatic N) is 4. The fourth-order valence-corrected chi connectivity index (χ4v) is 5.11. The number of aryl methyl sites for hydroxylation is 1. The van der Waals surface area contributed by atoms with E-state index >= 15 is 0 Å². The van der Waals surface area contributed by atoms with Gasteiger partial charge in [-0.05, 0) is 38.3 Å². The number of sulfonamides is 1. The molecule has 0 N–H and O–H groups in total. The molecule has 2 fully saturated rings. The van der Waals surface area contributed by atoms with E-state index in [1.807, 2.05) is 0 Å². The van der Waals surface area contributed by atoms with Crippen LogP contribution in [0, 0.1) is 6.92 Å². The average molecular weight is 350 g/mol. The van der Waals surface area contributed by atoms with E-state index in [1.165, 1.54) is 6.20 Å². The zero-order chi connectivity index (χ0) is 16.7. The normalized spacial score (nSPS) is 28.0. The third kappa shape index (κ3) is 2.62. The van der Waals surface area contributed by atoms with Crippen molar-refractivity contribution < 1.29 is 17.7 Å². The molecule has 3 atom stereocenters. The van der Waals surface area contributed by atoms with Crippen molar-refractivity contribution in [3.05, 3.63) is 36.2 Å². The van der Waals surface area contributed by atoms with Crippen LogP contribution in [0.4, 0.5) is 0 Å². The van der Waals surface area contributed by atoms with Crippen LogP contribution >= 0.6 is 0 Å². The Morgan fingerprint density at radius 3 is 2.88 bits per heavy atom. The van der Waals surface area contributed by atoms with Crippen LogP contribution in [0.3, 0.4) is 0 Å². The van der Waals surface area contributed by atoms with Crippen LogP contribution in [0.5, 0.6) is 0 Å². The summed E-state index contributed by atoms with van der Waals surface area (Å²) in [6.07, 6.45) is 4.56. The largest absolute Gasteiger partial charge is 0.363 e. The lowest BCUT2D eigenvalue weighted by Crippen LogP contribution is -2.43. The lowest BCUT2D eigenvalue weighted by atomic mass is 10.00. The molecule has 0 saturated carbocycles. The molecular formula is C15H18N4O4S. The van der Waals surface area contributed by atoms with Gasteiger partial charge in [0.1, 0.15) is 11.0 Å². The summed E-state index contributed by atoms with van der Waals surface area (Å²) < 4.78 is 38.5. The second-order valence-corrected chi connectivity index (χ2v) is 7.97. The van der Waals surface area contributed by atoms with Gasteiger partial charge < -0.3 is 9.26 Å². The predicted octanol–water partition coefficient (Wildman–Crippen LogP) is 1.46. The Morgan fingerprint density at radius 1 is 1.29 bits per heavy atom. The second-order valence-electron chi connectivity index (χ2n) is 6.08. The third-order valence-corrected chi connectivity index (χ3v) is 6.46. The number of hydrogen-bond donors (Lipinski definition) is 0. The van der Waals surface area contributed by atoms with E-state index < -0.39 is 10.0 Å².